The standard InChI is InChI=1S/C20H12FN7O/c21-15-5-1-2-6-16(15)28-18(13-7-10-22-11-8-13)17(25-27-28)20-24-19(26-29-20)14-4-3-9-23-12-14/h1-12H. The molecule has 0 N–H and O–H groups in total. The van der Waals surface area contributed by atoms with Gasteiger partial charge >= 0.3 is 0 Å². The fraction of sp³-hybridized carbons (Fsp3) is 0. The van der Waals surface area contributed by atoms with Crippen LogP contribution in [-0.2, 0) is 0 Å². The number of aromatic nitrogens is 7. The Morgan fingerprint density at radius 1 is 0.862 bits per heavy atom. The largest absolute Gasteiger partial charge is 0.332 e. The monoisotopic (exact) mass is 385 g/mol. The molecule has 4 aromatic heterocycles. The summed E-state index contributed by atoms with van der Waals surface area (Å²) in [7, 11) is 0. The molecule has 0 spiro atoms. The van der Waals surface area contributed by atoms with E-state index in [1.54, 1.807) is 61.2 Å². The average Bonchev–Trinajstić information content (AvgIpc) is 3.43. The quantitative estimate of drug-likeness (QED) is 0.466. The second-order valence-corrected chi connectivity index (χ2v) is 6.05. The molecule has 5 aromatic rings. The molecule has 9 heteroatoms. The summed E-state index contributed by atoms with van der Waals surface area (Å²) in [5, 5.41) is 12.4. The maximum Gasteiger partial charge on any atom is 0.281 e. The van der Waals surface area contributed by atoms with Gasteiger partial charge in [0.05, 0.1) is 0 Å². The van der Waals surface area contributed by atoms with Crippen LogP contribution in [0.2, 0.25) is 0 Å². The SMILES string of the molecule is Fc1ccccc1-n1nnc(-c2nc(-c3cccnc3)no2)c1-c1ccncc1. The molecular weight excluding hydrogens is 373 g/mol. The highest BCUT2D eigenvalue weighted by molar-refractivity contribution is 5.75. The van der Waals surface area contributed by atoms with E-state index in [2.05, 4.69) is 30.4 Å². The van der Waals surface area contributed by atoms with Crippen LogP contribution in [0.4, 0.5) is 4.39 Å². The topological polar surface area (TPSA) is 95.4 Å². The number of nitrogens with zero attached hydrogens (tertiary/aromatic N) is 7. The Kier molecular flexibility index (Phi) is 4.10. The molecule has 0 unspecified atom stereocenters. The minimum Gasteiger partial charge on any atom is -0.332 e. The van der Waals surface area contributed by atoms with Crippen LogP contribution in [0.5, 0.6) is 0 Å². The summed E-state index contributed by atoms with van der Waals surface area (Å²) < 4.78 is 21.3. The summed E-state index contributed by atoms with van der Waals surface area (Å²) in [4.78, 5) is 12.5. The Balaban J connectivity index is 1.69. The molecule has 5 rings (SSSR count). The van der Waals surface area contributed by atoms with Crippen LogP contribution in [-0.4, -0.2) is 35.1 Å². The van der Waals surface area contributed by atoms with Gasteiger partial charge in [-0.25, -0.2) is 9.07 Å². The number of hydrogen-bond acceptors (Lipinski definition) is 7. The van der Waals surface area contributed by atoms with Gasteiger partial charge in [0.25, 0.3) is 5.89 Å². The van der Waals surface area contributed by atoms with E-state index in [1.807, 2.05) is 6.07 Å². The fourth-order valence-corrected chi connectivity index (χ4v) is 2.92. The summed E-state index contributed by atoms with van der Waals surface area (Å²) in [6.07, 6.45) is 6.56. The molecule has 0 fully saturated rings. The molecule has 29 heavy (non-hydrogen) atoms. The minimum atomic E-state index is -0.430. The Morgan fingerprint density at radius 2 is 1.72 bits per heavy atom. The number of benzene rings is 1. The normalized spacial score (nSPS) is 10.9. The van der Waals surface area contributed by atoms with E-state index >= 15 is 0 Å². The maximum atomic E-state index is 14.4. The molecule has 1 aromatic carbocycles. The highest BCUT2D eigenvalue weighted by Gasteiger charge is 2.24. The molecule has 0 aliphatic carbocycles. The lowest BCUT2D eigenvalue weighted by atomic mass is 10.1. The van der Waals surface area contributed by atoms with Gasteiger partial charge in [0.1, 0.15) is 17.2 Å². The number of para-hydroxylation sites is 1. The summed E-state index contributed by atoms with van der Waals surface area (Å²) in [6.45, 7) is 0. The van der Waals surface area contributed by atoms with E-state index in [9.17, 15) is 4.39 Å². The van der Waals surface area contributed by atoms with E-state index in [0.29, 0.717) is 22.8 Å². The van der Waals surface area contributed by atoms with Crippen molar-refractivity contribution in [1.82, 2.24) is 35.1 Å². The van der Waals surface area contributed by atoms with Crippen LogP contribution in [0.25, 0.3) is 39.9 Å². The molecule has 0 bridgehead atoms. The second kappa shape index (κ2) is 7.04. The molecule has 0 atom stereocenters. The van der Waals surface area contributed by atoms with Crippen molar-refractivity contribution in [3.63, 3.8) is 0 Å². The third kappa shape index (κ3) is 3.04. The molecule has 140 valence electrons. The smallest absolute Gasteiger partial charge is 0.281 e. The highest BCUT2D eigenvalue weighted by Crippen LogP contribution is 2.32. The van der Waals surface area contributed by atoms with Gasteiger partial charge in [0.2, 0.25) is 5.82 Å². The van der Waals surface area contributed by atoms with Crippen molar-refractivity contribution in [3.8, 4) is 39.9 Å². The molecular formula is C20H12FN7O. The molecule has 0 saturated carbocycles. The maximum absolute atomic E-state index is 14.4. The van der Waals surface area contributed by atoms with Crippen molar-refractivity contribution in [2.45, 2.75) is 0 Å². The van der Waals surface area contributed by atoms with Crippen LogP contribution in [0.3, 0.4) is 0 Å². The van der Waals surface area contributed by atoms with E-state index in [4.69, 9.17) is 4.52 Å². The zero-order chi connectivity index (χ0) is 19.6. The predicted octanol–water partition coefficient (Wildman–Crippen LogP) is 3.58. The molecule has 8 nitrogen and oxygen atoms in total. The number of pyridine rings is 2. The van der Waals surface area contributed by atoms with Gasteiger partial charge in [0, 0.05) is 35.9 Å². The highest BCUT2D eigenvalue weighted by atomic mass is 19.1. The van der Waals surface area contributed by atoms with Crippen molar-refractivity contribution in [2.75, 3.05) is 0 Å². The van der Waals surface area contributed by atoms with Crippen LogP contribution >= 0.6 is 0 Å². The van der Waals surface area contributed by atoms with Crippen LogP contribution in [0, 0.1) is 5.82 Å². The Morgan fingerprint density at radius 3 is 2.52 bits per heavy atom. The fourth-order valence-electron chi connectivity index (χ4n) is 2.92. The first-order valence-electron chi connectivity index (χ1n) is 8.67. The molecule has 0 aliphatic rings. The van der Waals surface area contributed by atoms with Crippen LogP contribution in [0.15, 0.2) is 77.8 Å². The first-order chi connectivity index (χ1) is 14.3. The summed E-state index contributed by atoms with van der Waals surface area (Å²) >= 11 is 0. The van der Waals surface area contributed by atoms with Gasteiger partial charge in [-0.2, -0.15) is 4.98 Å². The number of hydrogen-bond donors (Lipinski definition) is 0. The van der Waals surface area contributed by atoms with Gasteiger partial charge in [0.15, 0.2) is 5.69 Å². The Hall–Kier alpha value is -4.27. The van der Waals surface area contributed by atoms with E-state index in [1.165, 1.54) is 10.7 Å². The second-order valence-electron chi connectivity index (χ2n) is 6.05. The minimum absolute atomic E-state index is 0.165. The average molecular weight is 385 g/mol. The van der Waals surface area contributed by atoms with Crippen molar-refractivity contribution in [3.05, 3.63) is 79.1 Å². The van der Waals surface area contributed by atoms with Crippen LogP contribution < -0.4 is 0 Å². The predicted molar refractivity (Wildman–Crippen MR) is 101 cm³/mol. The van der Waals surface area contributed by atoms with E-state index in [0.717, 1.165) is 5.56 Å². The molecule has 0 aliphatic heterocycles. The van der Waals surface area contributed by atoms with Crippen molar-refractivity contribution < 1.29 is 8.91 Å². The zero-order valence-corrected chi connectivity index (χ0v) is 14.8. The van der Waals surface area contributed by atoms with Gasteiger partial charge in [-0.3, -0.25) is 9.97 Å². The first-order valence-corrected chi connectivity index (χ1v) is 8.67. The first kappa shape index (κ1) is 16.9. The summed E-state index contributed by atoms with van der Waals surface area (Å²) in [6, 6.07) is 13.5. The van der Waals surface area contributed by atoms with Crippen molar-refractivity contribution in [2.24, 2.45) is 0 Å². The Bertz CT molecular complexity index is 1270. The lowest BCUT2D eigenvalue weighted by Gasteiger charge is -2.08. The molecule has 4 heterocycles. The van der Waals surface area contributed by atoms with Crippen molar-refractivity contribution in [1.29, 1.82) is 0 Å². The lowest BCUT2D eigenvalue weighted by molar-refractivity contribution is 0.431. The van der Waals surface area contributed by atoms with E-state index in [-0.39, 0.29) is 11.6 Å². The van der Waals surface area contributed by atoms with Gasteiger partial charge in [-0.15, -0.1) is 5.10 Å². The molecule has 0 saturated heterocycles. The molecule has 0 amide bonds. The van der Waals surface area contributed by atoms with Gasteiger partial charge < -0.3 is 4.52 Å². The molecule has 0 radical (unpaired) electrons. The third-order valence-corrected chi connectivity index (χ3v) is 4.25. The lowest BCUT2D eigenvalue weighted by Crippen LogP contribution is -2.02. The van der Waals surface area contributed by atoms with Gasteiger partial charge in [-0.1, -0.05) is 22.5 Å². The Labute approximate surface area is 163 Å². The van der Waals surface area contributed by atoms with Crippen molar-refractivity contribution >= 4 is 0 Å². The number of rotatable bonds is 4. The van der Waals surface area contributed by atoms with E-state index < -0.39 is 5.82 Å². The summed E-state index contributed by atoms with van der Waals surface area (Å²) in [5.41, 5.74) is 2.53. The number of halogens is 1. The summed E-state index contributed by atoms with van der Waals surface area (Å²) in [5.74, 6) is 0.105. The third-order valence-electron chi connectivity index (χ3n) is 4.25. The zero-order valence-electron chi connectivity index (χ0n) is 14.8. The van der Waals surface area contributed by atoms with Gasteiger partial charge in [-0.05, 0) is 36.4 Å². The van der Waals surface area contributed by atoms with Crippen LogP contribution in [0.1, 0.15) is 0 Å².